The molecule has 0 radical (unpaired) electrons. The smallest absolute Gasteiger partial charge is 0.0235 e. The van der Waals surface area contributed by atoms with Gasteiger partial charge in [0.25, 0.3) is 0 Å². The Balaban J connectivity index is 2.23. The lowest BCUT2D eigenvalue weighted by Crippen LogP contribution is -2.44. The van der Waals surface area contributed by atoms with Gasteiger partial charge in [0.1, 0.15) is 0 Å². The molecule has 0 unspecified atom stereocenters. The van der Waals surface area contributed by atoms with E-state index in [0.29, 0.717) is 0 Å². The lowest BCUT2D eigenvalue weighted by atomic mass is 9.81. The highest BCUT2D eigenvalue weighted by molar-refractivity contribution is 5.49. The van der Waals surface area contributed by atoms with Gasteiger partial charge < -0.3 is 5.73 Å². The van der Waals surface area contributed by atoms with Crippen LogP contribution in [-0.4, -0.2) is 5.54 Å². The first kappa shape index (κ1) is 17.2. The first-order valence-electron chi connectivity index (χ1n) is 8.30. The molecule has 2 aromatic carbocycles. The first-order valence-corrected chi connectivity index (χ1v) is 8.30. The maximum Gasteiger partial charge on any atom is 0.0235 e. The monoisotopic (exact) mass is 305 g/mol. The molecule has 2 aromatic rings. The van der Waals surface area contributed by atoms with Crippen molar-refractivity contribution in [1.29, 1.82) is 0 Å². The van der Waals surface area contributed by atoms with Crippen molar-refractivity contribution in [2.45, 2.75) is 38.1 Å². The van der Waals surface area contributed by atoms with Gasteiger partial charge in [0, 0.05) is 5.54 Å². The maximum absolute atomic E-state index is 6.80. The van der Waals surface area contributed by atoms with Crippen LogP contribution in [0.3, 0.4) is 0 Å². The molecule has 0 atom stereocenters. The minimum atomic E-state index is -0.228. The Bertz CT molecular complexity index is 616. The van der Waals surface area contributed by atoms with Crippen molar-refractivity contribution in [1.82, 2.24) is 0 Å². The van der Waals surface area contributed by atoms with Gasteiger partial charge >= 0.3 is 0 Å². The van der Waals surface area contributed by atoms with E-state index >= 15 is 0 Å². The molecule has 0 spiro atoms. The number of nitrogens with two attached hydrogens (primary N) is 1. The quantitative estimate of drug-likeness (QED) is 0.707. The van der Waals surface area contributed by atoms with Crippen LogP contribution in [0.25, 0.3) is 12.2 Å². The Kier molecular flexibility index (Phi) is 5.95. The third kappa shape index (κ3) is 4.94. The Hall–Kier alpha value is -2.12. The average Bonchev–Trinajstić information content (AvgIpc) is 2.55. The fourth-order valence-electron chi connectivity index (χ4n) is 3.21. The minimum absolute atomic E-state index is 0.228. The highest BCUT2D eigenvalue weighted by atomic mass is 14.7. The number of benzene rings is 2. The number of hydrogen-bond acceptors (Lipinski definition) is 1. The van der Waals surface area contributed by atoms with Crippen LogP contribution in [0, 0.1) is 0 Å². The Morgan fingerprint density at radius 2 is 1.39 bits per heavy atom. The summed E-state index contributed by atoms with van der Waals surface area (Å²) in [5.74, 6) is 0. The number of hydrogen-bond donors (Lipinski definition) is 1. The summed E-state index contributed by atoms with van der Waals surface area (Å²) in [4.78, 5) is 0. The topological polar surface area (TPSA) is 26.0 Å². The summed E-state index contributed by atoms with van der Waals surface area (Å²) in [5, 5.41) is 0. The van der Waals surface area contributed by atoms with Gasteiger partial charge in [-0.3, -0.25) is 0 Å². The van der Waals surface area contributed by atoms with Gasteiger partial charge in [-0.05, 0) is 41.5 Å². The minimum Gasteiger partial charge on any atom is -0.324 e. The van der Waals surface area contributed by atoms with Crippen LogP contribution >= 0.6 is 0 Å². The van der Waals surface area contributed by atoms with Gasteiger partial charge in [0.15, 0.2) is 0 Å². The Morgan fingerprint density at radius 1 is 0.913 bits per heavy atom. The van der Waals surface area contributed by atoms with Crippen LogP contribution in [-0.2, 0) is 12.8 Å². The first-order chi connectivity index (χ1) is 11.1. The SMILES string of the molecule is C=Cc1cccc(CC(N)(CCC)Cc2cccc(C=C)c2)c1. The molecule has 2 N–H and O–H groups in total. The van der Waals surface area contributed by atoms with Crippen molar-refractivity contribution >= 4 is 12.2 Å². The van der Waals surface area contributed by atoms with Gasteiger partial charge in [-0.25, -0.2) is 0 Å². The highest BCUT2D eigenvalue weighted by Crippen LogP contribution is 2.23. The van der Waals surface area contributed by atoms with Gasteiger partial charge in [-0.2, -0.15) is 0 Å². The average molecular weight is 305 g/mol. The standard InChI is InChI=1S/C22H27N/c1-4-13-22(23,16-20-11-7-9-18(5-2)14-20)17-21-12-8-10-19(6-3)15-21/h5-12,14-15H,2-4,13,16-17,23H2,1H3. The van der Waals surface area contributed by atoms with E-state index in [2.05, 4.69) is 68.6 Å². The van der Waals surface area contributed by atoms with Gasteiger partial charge in [-0.15, -0.1) is 0 Å². The number of rotatable bonds is 8. The van der Waals surface area contributed by atoms with Crippen molar-refractivity contribution in [2.24, 2.45) is 5.73 Å². The van der Waals surface area contributed by atoms with E-state index in [9.17, 15) is 0 Å². The molecule has 0 saturated heterocycles. The van der Waals surface area contributed by atoms with E-state index in [4.69, 9.17) is 5.73 Å². The highest BCUT2D eigenvalue weighted by Gasteiger charge is 2.25. The lowest BCUT2D eigenvalue weighted by molar-refractivity contribution is 0.383. The largest absolute Gasteiger partial charge is 0.324 e. The van der Waals surface area contributed by atoms with E-state index in [1.807, 2.05) is 12.2 Å². The van der Waals surface area contributed by atoms with Gasteiger partial charge in [0.2, 0.25) is 0 Å². The molecule has 0 aromatic heterocycles. The molecular formula is C22H27N. The summed E-state index contributed by atoms with van der Waals surface area (Å²) < 4.78 is 0. The zero-order chi connectivity index (χ0) is 16.7. The normalized spacial score (nSPS) is 11.2. The summed E-state index contributed by atoms with van der Waals surface area (Å²) in [6.45, 7) is 9.90. The molecule has 120 valence electrons. The van der Waals surface area contributed by atoms with Crippen molar-refractivity contribution in [2.75, 3.05) is 0 Å². The molecular weight excluding hydrogens is 278 g/mol. The third-order valence-corrected chi connectivity index (χ3v) is 4.23. The Labute approximate surface area is 140 Å². The summed E-state index contributed by atoms with van der Waals surface area (Å²) in [6, 6.07) is 17.0. The van der Waals surface area contributed by atoms with E-state index in [0.717, 1.165) is 36.8 Å². The summed E-state index contributed by atoms with van der Waals surface area (Å²) >= 11 is 0. The molecule has 0 aliphatic rings. The maximum atomic E-state index is 6.80. The molecule has 1 heteroatoms. The molecule has 2 rings (SSSR count). The van der Waals surface area contributed by atoms with Gasteiger partial charge in [-0.1, -0.05) is 87.2 Å². The fraction of sp³-hybridized carbons (Fsp3) is 0.273. The van der Waals surface area contributed by atoms with Gasteiger partial charge in [0.05, 0.1) is 0 Å². The van der Waals surface area contributed by atoms with Crippen LogP contribution in [0.5, 0.6) is 0 Å². The van der Waals surface area contributed by atoms with Crippen molar-refractivity contribution in [3.05, 3.63) is 83.9 Å². The zero-order valence-electron chi connectivity index (χ0n) is 14.1. The molecule has 0 fully saturated rings. The molecule has 0 saturated carbocycles. The van der Waals surface area contributed by atoms with Crippen LogP contribution in [0.1, 0.15) is 42.0 Å². The molecule has 0 aliphatic carbocycles. The van der Waals surface area contributed by atoms with Crippen LogP contribution < -0.4 is 5.73 Å². The molecule has 0 bridgehead atoms. The van der Waals surface area contributed by atoms with E-state index < -0.39 is 0 Å². The second-order valence-electron chi connectivity index (χ2n) is 6.36. The second kappa shape index (κ2) is 7.94. The van der Waals surface area contributed by atoms with E-state index in [1.54, 1.807) is 0 Å². The Morgan fingerprint density at radius 3 is 1.78 bits per heavy atom. The molecule has 1 nitrogen and oxygen atoms in total. The predicted molar refractivity (Wildman–Crippen MR) is 102 cm³/mol. The molecule has 0 amide bonds. The summed E-state index contributed by atoms with van der Waals surface area (Å²) in [6.07, 6.45) is 7.61. The fourth-order valence-corrected chi connectivity index (χ4v) is 3.21. The zero-order valence-corrected chi connectivity index (χ0v) is 14.1. The van der Waals surface area contributed by atoms with Crippen molar-refractivity contribution in [3.8, 4) is 0 Å². The van der Waals surface area contributed by atoms with Crippen molar-refractivity contribution < 1.29 is 0 Å². The van der Waals surface area contributed by atoms with Crippen LogP contribution in [0.2, 0.25) is 0 Å². The second-order valence-corrected chi connectivity index (χ2v) is 6.36. The summed E-state index contributed by atoms with van der Waals surface area (Å²) in [7, 11) is 0. The third-order valence-electron chi connectivity index (χ3n) is 4.23. The predicted octanol–water partition coefficient (Wildman–Crippen LogP) is 5.26. The van der Waals surface area contributed by atoms with Crippen molar-refractivity contribution in [3.63, 3.8) is 0 Å². The van der Waals surface area contributed by atoms with Crippen LogP contribution in [0.4, 0.5) is 0 Å². The van der Waals surface area contributed by atoms with E-state index in [1.165, 1.54) is 11.1 Å². The van der Waals surface area contributed by atoms with E-state index in [-0.39, 0.29) is 5.54 Å². The lowest BCUT2D eigenvalue weighted by Gasteiger charge is -2.30. The van der Waals surface area contributed by atoms with Crippen LogP contribution in [0.15, 0.2) is 61.7 Å². The molecule has 0 aliphatic heterocycles. The molecule has 23 heavy (non-hydrogen) atoms. The summed E-state index contributed by atoms with van der Waals surface area (Å²) in [5.41, 5.74) is 11.4. The molecule has 0 heterocycles.